The number of amidine groups is 1. The van der Waals surface area contributed by atoms with E-state index in [2.05, 4.69) is 9.71 Å². The molecule has 0 spiro atoms. The van der Waals surface area contributed by atoms with Gasteiger partial charge in [0.1, 0.15) is 16.4 Å². The van der Waals surface area contributed by atoms with Gasteiger partial charge in [0, 0.05) is 23.9 Å². The summed E-state index contributed by atoms with van der Waals surface area (Å²) in [6.07, 6.45) is 0. The van der Waals surface area contributed by atoms with E-state index in [9.17, 15) is 13.2 Å². The van der Waals surface area contributed by atoms with Gasteiger partial charge in [0.05, 0.1) is 32.2 Å². The van der Waals surface area contributed by atoms with Gasteiger partial charge >= 0.3 is 0 Å². The number of hydrogen-bond acceptors (Lipinski definition) is 7. The van der Waals surface area contributed by atoms with Crippen LogP contribution in [-0.2, 0) is 21.4 Å². The molecule has 0 saturated carbocycles. The predicted octanol–water partition coefficient (Wildman–Crippen LogP) is 4.14. The Bertz CT molecular complexity index is 1310. The van der Waals surface area contributed by atoms with Crippen LogP contribution in [0.1, 0.15) is 5.56 Å². The third-order valence-corrected chi connectivity index (χ3v) is 7.42. The molecule has 1 aliphatic rings. The summed E-state index contributed by atoms with van der Waals surface area (Å²) in [5, 5.41) is 3.03. The third kappa shape index (κ3) is 5.35. The zero-order valence-electron chi connectivity index (χ0n) is 18.6. The number of benzene rings is 3. The highest BCUT2D eigenvalue weighted by atomic mass is 32.2. The number of ether oxygens (including phenoxy) is 2. The monoisotopic (exact) mass is 497 g/mol. The van der Waals surface area contributed by atoms with Gasteiger partial charge in [0.15, 0.2) is 5.17 Å². The maximum Gasteiger partial charge on any atom is 0.286 e. The van der Waals surface area contributed by atoms with Crippen molar-refractivity contribution in [1.29, 1.82) is 0 Å². The van der Waals surface area contributed by atoms with E-state index < -0.39 is 10.0 Å². The molecule has 0 saturated heterocycles. The number of para-hydroxylation sites is 1. The quantitative estimate of drug-likeness (QED) is 0.524. The summed E-state index contributed by atoms with van der Waals surface area (Å²) in [5.41, 5.74) is 2.02. The second-order valence-corrected chi connectivity index (χ2v) is 9.84. The van der Waals surface area contributed by atoms with Gasteiger partial charge in [-0.1, -0.05) is 54.2 Å². The first-order chi connectivity index (χ1) is 16.4. The molecule has 3 aromatic carbocycles. The lowest BCUT2D eigenvalue weighted by Crippen LogP contribution is -2.34. The molecule has 176 valence electrons. The summed E-state index contributed by atoms with van der Waals surface area (Å²) >= 11 is 1.06. The second kappa shape index (κ2) is 10.2. The van der Waals surface area contributed by atoms with Gasteiger partial charge in [0.2, 0.25) is 5.91 Å². The molecule has 8 nitrogen and oxygen atoms in total. The smallest absolute Gasteiger partial charge is 0.286 e. The van der Waals surface area contributed by atoms with Crippen LogP contribution in [0.15, 0.2) is 82.1 Å². The average Bonchev–Trinajstić information content (AvgIpc) is 2.85. The van der Waals surface area contributed by atoms with Crippen molar-refractivity contribution in [3.63, 3.8) is 0 Å². The first-order valence-corrected chi connectivity index (χ1v) is 12.7. The maximum atomic E-state index is 12.8. The van der Waals surface area contributed by atoms with Crippen LogP contribution in [0.5, 0.6) is 11.5 Å². The zero-order valence-corrected chi connectivity index (χ0v) is 20.2. The molecule has 0 atom stereocenters. The number of thioether (sulfide) groups is 1. The summed E-state index contributed by atoms with van der Waals surface area (Å²) in [7, 11) is -0.831. The van der Waals surface area contributed by atoms with Crippen molar-refractivity contribution in [1.82, 2.24) is 0 Å². The summed E-state index contributed by atoms with van der Waals surface area (Å²) in [6, 6.07) is 21.4. The van der Waals surface area contributed by atoms with Crippen molar-refractivity contribution in [3.8, 4) is 11.5 Å². The van der Waals surface area contributed by atoms with E-state index in [0.717, 1.165) is 17.3 Å². The Morgan fingerprint density at radius 1 is 0.971 bits per heavy atom. The Hall–Kier alpha value is -3.50. The standard InChI is InChI=1S/C24H23N3O5S2/c1-31-19-12-18(13-20(14-19)32-2)25-23(28)16-33-24-26-34(29,30)22-11-7-6-10-21(22)27(24)15-17-8-4-3-5-9-17/h3-14H,15-16H2,1-2H3,(H,25,28). The highest BCUT2D eigenvalue weighted by Gasteiger charge is 2.31. The fraction of sp³-hybridized carbons (Fsp3) is 0.167. The minimum atomic E-state index is -3.88. The van der Waals surface area contributed by atoms with Crippen LogP contribution in [0.25, 0.3) is 0 Å². The van der Waals surface area contributed by atoms with Crippen LogP contribution < -0.4 is 19.7 Å². The highest BCUT2D eigenvalue weighted by Crippen LogP contribution is 2.35. The van der Waals surface area contributed by atoms with Gasteiger partial charge in [-0.15, -0.1) is 4.40 Å². The van der Waals surface area contributed by atoms with Gasteiger partial charge in [0.25, 0.3) is 10.0 Å². The topological polar surface area (TPSA) is 97.3 Å². The predicted molar refractivity (Wildman–Crippen MR) is 134 cm³/mol. The maximum absolute atomic E-state index is 12.8. The van der Waals surface area contributed by atoms with E-state index in [1.54, 1.807) is 36.4 Å². The number of amides is 1. The summed E-state index contributed by atoms with van der Waals surface area (Å²) in [6.45, 7) is 0.411. The average molecular weight is 498 g/mol. The lowest BCUT2D eigenvalue weighted by atomic mass is 10.2. The minimum Gasteiger partial charge on any atom is -0.497 e. The molecule has 3 aromatic rings. The molecule has 0 radical (unpaired) electrons. The van der Waals surface area contributed by atoms with Gasteiger partial charge in [-0.2, -0.15) is 8.42 Å². The van der Waals surface area contributed by atoms with Crippen LogP contribution >= 0.6 is 11.8 Å². The molecule has 1 heterocycles. The Kier molecular flexibility index (Phi) is 7.09. The largest absolute Gasteiger partial charge is 0.497 e. The van der Waals surface area contributed by atoms with Crippen LogP contribution in [0.4, 0.5) is 11.4 Å². The number of methoxy groups -OCH3 is 2. The molecular formula is C24H23N3O5S2. The van der Waals surface area contributed by atoms with Gasteiger partial charge < -0.3 is 19.7 Å². The van der Waals surface area contributed by atoms with E-state index in [-0.39, 0.29) is 21.7 Å². The Labute approximate surface area is 202 Å². The van der Waals surface area contributed by atoms with Crippen LogP contribution in [-0.4, -0.2) is 39.5 Å². The zero-order chi connectivity index (χ0) is 24.1. The van der Waals surface area contributed by atoms with Gasteiger partial charge in [-0.05, 0) is 17.7 Å². The molecule has 1 N–H and O–H groups in total. The van der Waals surface area contributed by atoms with Crippen molar-refractivity contribution >= 4 is 44.2 Å². The fourth-order valence-corrected chi connectivity index (χ4v) is 5.68. The van der Waals surface area contributed by atoms with Crippen molar-refractivity contribution in [2.24, 2.45) is 4.40 Å². The number of carbonyl (C=O) groups excluding carboxylic acids is 1. The van der Waals surface area contributed by atoms with E-state index >= 15 is 0 Å². The summed E-state index contributed by atoms with van der Waals surface area (Å²) in [4.78, 5) is 14.6. The van der Waals surface area contributed by atoms with E-state index in [1.807, 2.05) is 35.2 Å². The van der Waals surface area contributed by atoms with Gasteiger partial charge in [-0.25, -0.2) is 0 Å². The van der Waals surface area contributed by atoms with Crippen LogP contribution in [0, 0.1) is 0 Å². The summed E-state index contributed by atoms with van der Waals surface area (Å²) in [5.74, 6) is 0.715. The molecule has 10 heteroatoms. The van der Waals surface area contributed by atoms with Crippen molar-refractivity contribution < 1.29 is 22.7 Å². The Morgan fingerprint density at radius 3 is 2.29 bits per heavy atom. The Morgan fingerprint density at radius 2 is 1.62 bits per heavy atom. The highest BCUT2D eigenvalue weighted by molar-refractivity contribution is 8.15. The molecule has 0 unspecified atom stereocenters. The fourth-order valence-electron chi connectivity index (χ4n) is 3.43. The first-order valence-electron chi connectivity index (χ1n) is 10.3. The lowest BCUT2D eigenvalue weighted by Gasteiger charge is -2.30. The van der Waals surface area contributed by atoms with Gasteiger partial charge in [-0.3, -0.25) is 4.79 Å². The van der Waals surface area contributed by atoms with Crippen LogP contribution in [0.2, 0.25) is 0 Å². The number of nitrogens with zero attached hydrogens (tertiary/aromatic N) is 2. The minimum absolute atomic E-state index is 0.0403. The lowest BCUT2D eigenvalue weighted by molar-refractivity contribution is -0.113. The molecule has 0 bridgehead atoms. The molecule has 0 aliphatic carbocycles. The SMILES string of the molecule is COc1cc(NC(=O)CSC2=NS(=O)(=O)c3ccccc3N2Cc2ccccc2)cc(OC)c1. The molecule has 4 rings (SSSR count). The molecule has 0 fully saturated rings. The third-order valence-electron chi connectivity index (χ3n) is 5.01. The molecule has 0 aromatic heterocycles. The number of hydrogen-bond donors (Lipinski definition) is 1. The number of anilines is 2. The number of rotatable bonds is 7. The van der Waals surface area contributed by atoms with E-state index in [4.69, 9.17) is 9.47 Å². The van der Waals surface area contributed by atoms with Crippen molar-refractivity contribution in [2.75, 3.05) is 30.2 Å². The van der Waals surface area contributed by atoms with E-state index in [1.165, 1.54) is 20.3 Å². The second-order valence-electron chi connectivity index (χ2n) is 7.33. The number of nitrogens with one attached hydrogen (secondary N) is 1. The molecule has 1 amide bonds. The number of sulfonamides is 1. The van der Waals surface area contributed by atoms with E-state index in [0.29, 0.717) is 29.4 Å². The summed E-state index contributed by atoms with van der Waals surface area (Å²) < 4.78 is 40.1. The number of carbonyl (C=O) groups is 1. The van der Waals surface area contributed by atoms with Crippen molar-refractivity contribution in [2.45, 2.75) is 11.4 Å². The molecular weight excluding hydrogens is 474 g/mol. The number of fused-ring (bicyclic) bond motifs is 1. The van der Waals surface area contributed by atoms with Crippen LogP contribution in [0.3, 0.4) is 0 Å². The van der Waals surface area contributed by atoms with Crippen molar-refractivity contribution in [3.05, 3.63) is 78.4 Å². The normalized spacial score (nSPS) is 14.1. The Balaban J connectivity index is 1.56. The molecule has 34 heavy (non-hydrogen) atoms. The molecule has 1 aliphatic heterocycles. The first kappa shape index (κ1) is 23.7.